The number of carbonyl (C=O) groups is 1. The quantitative estimate of drug-likeness (QED) is 0.375. The van der Waals surface area contributed by atoms with Crippen LogP contribution in [0.25, 0.3) is 0 Å². The van der Waals surface area contributed by atoms with Crippen molar-refractivity contribution in [1.29, 1.82) is 0 Å². The van der Waals surface area contributed by atoms with Crippen LogP contribution in [-0.4, -0.2) is 59.3 Å². The van der Waals surface area contributed by atoms with Crippen molar-refractivity contribution in [2.75, 3.05) is 12.3 Å². The highest BCUT2D eigenvalue weighted by atomic mass is 32.2. The van der Waals surface area contributed by atoms with Crippen molar-refractivity contribution in [3.63, 3.8) is 0 Å². The molecule has 4 aliphatic carbocycles. The Morgan fingerprint density at radius 3 is 2.50 bits per heavy atom. The Kier molecular flexibility index (Phi) is 6.62. The molecule has 1 heterocycles. The maximum absolute atomic E-state index is 12.3. The zero-order valence-electron chi connectivity index (χ0n) is 21.8. The van der Waals surface area contributed by atoms with Gasteiger partial charge >= 0.3 is 0 Å². The van der Waals surface area contributed by atoms with Crippen LogP contribution in [0.3, 0.4) is 0 Å². The van der Waals surface area contributed by atoms with Crippen molar-refractivity contribution in [2.45, 2.75) is 96.4 Å². The van der Waals surface area contributed by atoms with Crippen LogP contribution in [0.1, 0.15) is 78.6 Å². The average Bonchev–Trinajstić information content (AvgIpc) is 3.46. The zero-order valence-corrected chi connectivity index (χ0v) is 22.6. The normalized spacial score (nSPS) is 45.4. The molecule has 0 saturated heterocycles. The summed E-state index contributed by atoms with van der Waals surface area (Å²) in [5.74, 6) is 1.25. The molecule has 1 unspecified atom stereocenters. The van der Waals surface area contributed by atoms with E-state index in [2.05, 4.69) is 36.3 Å². The number of fused-ring (bicyclic) bond motifs is 6. The molecule has 10 atom stereocenters. The first-order chi connectivity index (χ1) is 16.8. The second-order valence-electron chi connectivity index (χ2n) is 13.1. The minimum Gasteiger partial charge on any atom is -0.393 e. The molecule has 0 aromatic heterocycles. The van der Waals surface area contributed by atoms with Gasteiger partial charge < -0.3 is 15.5 Å². The minimum absolute atomic E-state index is 0.0943. The van der Waals surface area contributed by atoms with E-state index >= 15 is 0 Å². The summed E-state index contributed by atoms with van der Waals surface area (Å²) in [6.45, 7) is 6.73. The van der Waals surface area contributed by atoms with Crippen molar-refractivity contribution < 1.29 is 28.0 Å². The number of aliphatic hydroxyl groups excluding tert-OH is 2. The lowest BCUT2D eigenvalue weighted by atomic mass is 9.42. The summed E-state index contributed by atoms with van der Waals surface area (Å²) < 4.78 is 30.6. The molecule has 10 heteroatoms. The van der Waals surface area contributed by atoms with E-state index in [9.17, 15) is 23.4 Å². The van der Waals surface area contributed by atoms with Gasteiger partial charge in [0.25, 0.3) is 10.1 Å². The smallest absolute Gasteiger partial charge is 0.266 e. The van der Waals surface area contributed by atoms with E-state index in [-0.39, 0.29) is 41.0 Å². The third kappa shape index (κ3) is 4.33. The van der Waals surface area contributed by atoms with Crippen molar-refractivity contribution in [3.8, 4) is 0 Å². The van der Waals surface area contributed by atoms with Gasteiger partial charge in [-0.05, 0) is 85.4 Å². The molecule has 1 spiro atoms. The van der Waals surface area contributed by atoms with E-state index in [4.69, 9.17) is 4.55 Å². The molecule has 5 aliphatic rings. The molecule has 0 radical (unpaired) electrons. The SMILES string of the molecule is C[C@H](CCC(=O)NCCS(=O)(=O)O)[C@H]1CC[C@H]2C3[C@H](C[C@H](O)[C@]12C)[C@@]1(C)CC[C@@H](O)C[C@H]1CC31N=N1. The number of nitrogens with one attached hydrogen (secondary N) is 1. The van der Waals surface area contributed by atoms with Crippen LogP contribution >= 0.6 is 0 Å². The third-order valence-corrected chi connectivity index (χ3v) is 12.2. The van der Waals surface area contributed by atoms with Gasteiger partial charge in [-0.1, -0.05) is 20.8 Å². The van der Waals surface area contributed by atoms with Gasteiger partial charge in [0.05, 0.1) is 18.0 Å². The van der Waals surface area contributed by atoms with Gasteiger partial charge in [-0.2, -0.15) is 18.6 Å². The van der Waals surface area contributed by atoms with Gasteiger partial charge in [0.15, 0.2) is 5.66 Å². The fourth-order valence-electron chi connectivity index (χ4n) is 9.41. The Balaban J connectivity index is 1.29. The molecular formula is C26H43N3O6S. The Hall–Kier alpha value is -1.10. The second-order valence-corrected chi connectivity index (χ2v) is 14.7. The molecule has 4 N–H and O–H groups in total. The molecule has 0 aromatic carbocycles. The number of amides is 1. The predicted molar refractivity (Wildman–Crippen MR) is 133 cm³/mol. The largest absolute Gasteiger partial charge is 0.393 e. The van der Waals surface area contributed by atoms with E-state index in [1.807, 2.05) is 0 Å². The van der Waals surface area contributed by atoms with Gasteiger partial charge in [-0.25, -0.2) is 0 Å². The molecule has 4 saturated carbocycles. The van der Waals surface area contributed by atoms with E-state index in [1.165, 1.54) is 0 Å². The van der Waals surface area contributed by atoms with Gasteiger partial charge in [-0.3, -0.25) is 9.35 Å². The van der Waals surface area contributed by atoms with Crippen LogP contribution in [0.5, 0.6) is 0 Å². The molecule has 4 fully saturated rings. The molecular weight excluding hydrogens is 482 g/mol. The van der Waals surface area contributed by atoms with E-state index < -0.39 is 22.0 Å². The number of hydrogen-bond acceptors (Lipinski definition) is 7. The standard InChI is InChI=1S/C26H43N3O6S/c1-15(4-7-22(32)27-10-11-36(33,34)35)18-5-6-19-23-20(13-21(31)25(18,19)3)24(2)9-8-17(30)12-16(24)14-26(23)28-29-26/h15-21,23,30-31H,4-14H2,1-3H3,(H,27,32)(H,33,34,35)/t15-,16+,17-,18-,19+,20+,21+,23?,24+,25-/m1/s1. The van der Waals surface area contributed by atoms with Crippen molar-refractivity contribution >= 4 is 16.0 Å². The number of carbonyl (C=O) groups excluding carboxylic acids is 1. The number of rotatable bonds is 7. The number of aliphatic hydroxyl groups is 2. The predicted octanol–water partition coefficient (Wildman–Crippen LogP) is 3.17. The van der Waals surface area contributed by atoms with Gasteiger partial charge in [0.1, 0.15) is 0 Å². The number of hydrogen-bond donors (Lipinski definition) is 4. The lowest BCUT2D eigenvalue weighted by molar-refractivity contribution is -0.187. The molecule has 9 nitrogen and oxygen atoms in total. The Morgan fingerprint density at radius 1 is 1.11 bits per heavy atom. The molecule has 5 rings (SSSR count). The maximum atomic E-state index is 12.3. The summed E-state index contributed by atoms with van der Waals surface area (Å²) in [5, 5.41) is 34.0. The zero-order chi connectivity index (χ0) is 26.1. The molecule has 1 aliphatic heterocycles. The third-order valence-electron chi connectivity index (χ3n) is 11.4. The van der Waals surface area contributed by atoms with Gasteiger partial charge in [0, 0.05) is 25.3 Å². The van der Waals surface area contributed by atoms with Crippen LogP contribution in [0, 0.1) is 46.3 Å². The van der Waals surface area contributed by atoms with Crippen LogP contribution in [0.15, 0.2) is 10.2 Å². The number of nitrogens with zero attached hydrogens (tertiary/aromatic N) is 2. The lowest BCUT2D eigenvalue weighted by Crippen LogP contribution is -2.63. The summed E-state index contributed by atoms with van der Waals surface area (Å²) in [5.41, 5.74) is -0.474. The molecule has 1 amide bonds. The van der Waals surface area contributed by atoms with Gasteiger partial charge in [-0.15, -0.1) is 0 Å². The first-order valence-corrected chi connectivity index (χ1v) is 15.4. The van der Waals surface area contributed by atoms with Crippen molar-refractivity contribution in [3.05, 3.63) is 0 Å². The molecule has 36 heavy (non-hydrogen) atoms. The summed E-state index contributed by atoms with van der Waals surface area (Å²) in [7, 11) is -4.09. The average molecular weight is 526 g/mol. The highest BCUT2D eigenvalue weighted by Gasteiger charge is 2.72. The van der Waals surface area contributed by atoms with Crippen LogP contribution < -0.4 is 5.32 Å². The highest BCUT2D eigenvalue weighted by Crippen LogP contribution is 2.72. The van der Waals surface area contributed by atoms with Crippen molar-refractivity contribution in [1.82, 2.24) is 5.32 Å². The fourth-order valence-corrected chi connectivity index (χ4v) is 9.77. The first-order valence-electron chi connectivity index (χ1n) is 13.8. The first kappa shape index (κ1) is 26.5. The topological polar surface area (TPSA) is 149 Å². The summed E-state index contributed by atoms with van der Waals surface area (Å²) in [4.78, 5) is 12.3. The van der Waals surface area contributed by atoms with E-state index in [0.717, 1.165) is 44.9 Å². The monoisotopic (exact) mass is 525 g/mol. The summed E-state index contributed by atoms with van der Waals surface area (Å²) in [6.07, 6.45) is 6.70. The molecule has 0 bridgehead atoms. The fraction of sp³-hybridized carbons (Fsp3) is 0.962. The van der Waals surface area contributed by atoms with E-state index in [1.54, 1.807) is 0 Å². The lowest BCUT2D eigenvalue weighted by Gasteiger charge is -2.63. The van der Waals surface area contributed by atoms with E-state index in [0.29, 0.717) is 42.4 Å². The van der Waals surface area contributed by atoms with Crippen LogP contribution in [0.2, 0.25) is 0 Å². The van der Waals surface area contributed by atoms with Crippen LogP contribution in [-0.2, 0) is 14.9 Å². The Morgan fingerprint density at radius 2 is 1.83 bits per heavy atom. The van der Waals surface area contributed by atoms with Crippen LogP contribution in [0.4, 0.5) is 0 Å². The Labute approximate surface area is 214 Å². The van der Waals surface area contributed by atoms with Gasteiger partial charge in [0.2, 0.25) is 5.91 Å². The minimum atomic E-state index is -4.09. The maximum Gasteiger partial charge on any atom is 0.266 e. The summed E-state index contributed by atoms with van der Waals surface area (Å²) in [6, 6.07) is 0. The molecule has 204 valence electrons. The second kappa shape index (κ2) is 8.99. The highest BCUT2D eigenvalue weighted by molar-refractivity contribution is 7.85. The Bertz CT molecular complexity index is 1010. The molecule has 0 aromatic rings. The summed E-state index contributed by atoms with van der Waals surface area (Å²) >= 11 is 0. The van der Waals surface area contributed by atoms with Crippen molar-refractivity contribution in [2.24, 2.45) is 56.6 Å².